The summed E-state index contributed by atoms with van der Waals surface area (Å²) in [4.78, 5) is 14.7. The predicted molar refractivity (Wildman–Crippen MR) is 54.9 cm³/mol. The van der Waals surface area contributed by atoms with Gasteiger partial charge in [0.2, 0.25) is 0 Å². The van der Waals surface area contributed by atoms with Gasteiger partial charge in [-0.1, -0.05) is 6.92 Å². The van der Waals surface area contributed by atoms with E-state index in [4.69, 9.17) is 5.11 Å². The SMILES string of the molecule is CCc1cc(/C=C(\C)C(=O)O)ccn1. The number of nitrogens with zero attached hydrogens (tertiary/aromatic N) is 1. The molecule has 3 nitrogen and oxygen atoms in total. The Morgan fingerprint density at radius 2 is 2.36 bits per heavy atom. The molecule has 14 heavy (non-hydrogen) atoms. The van der Waals surface area contributed by atoms with Gasteiger partial charge in [-0.2, -0.15) is 0 Å². The van der Waals surface area contributed by atoms with E-state index in [1.165, 1.54) is 0 Å². The van der Waals surface area contributed by atoms with Crippen molar-refractivity contribution in [2.75, 3.05) is 0 Å². The molecule has 0 fully saturated rings. The van der Waals surface area contributed by atoms with Crippen molar-refractivity contribution in [3.63, 3.8) is 0 Å². The lowest BCUT2D eigenvalue weighted by molar-refractivity contribution is -0.132. The van der Waals surface area contributed by atoms with E-state index in [0.717, 1.165) is 17.7 Å². The minimum absolute atomic E-state index is 0.332. The quantitative estimate of drug-likeness (QED) is 0.744. The number of carbonyl (C=O) groups is 1. The van der Waals surface area contributed by atoms with Gasteiger partial charge in [-0.3, -0.25) is 4.98 Å². The van der Waals surface area contributed by atoms with Crippen LogP contribution in [0.25, 0.3) is 6.08 Å². The number of aliphatic carboxylic acids is 1. The fourth-order valence-electron chi connectivity index (χ4n) is 1.09. The van der Waals surface area contributed by atoms with E-state index in [2.05, 4.69) is 4.98 Å². The smallest absolute Gasteiger partial charge is 0.331 e. The van der Waals surface area contributed by atoms with Crippen LogP contribution in [-0.4, -0.2) is 16.1 Å². The topological polar surface area (TPSA) is 50.2 Å². The lowest BCUT2D eigenvalue weighted by Gasteiger charge is -1.98. The summed E-state index contributed by atoms with van der Waals surface area (Å²) in [6.45, 7) is 3.59. The predicted octanol–water partition coefficient (Wildman–Crippen LogP) is 2.13. The molecule has 1 aromatic heterocycles. The summed E-state index contributed by atoms with van der Waals surface area (Å²) >= 11 is 0. The van der Waals surface area contributed by atoms with E-state index >= 15 is 0 Å². The molecule has 0 atom stereocenters. The Balaban J connectivity index is 2.97. The van der Waals surface area contributed by atoms with E-state index in [1.807, 2.05) is 13.0 Å². The van der Waals surface area contributed by atoms with Gasteiger partial charge >= 0.3 is 5.97 Å². The van der Waals surface area contributed by atoms with Crippen molar-refractivity contribution in [2.24, 2.45) is 0 Å². The Bertz CT molecular complexity index is 369. The zero-order valence-corrected chi connectivity index (χ0v) is 8.32. The number of rotatable bonds is 3. The highest BCUT2D eigenvalue weighted by Gasteiger charge is 2.00. The highest BCUT2D eigenvalue weighted by atomic mass is 16.4. The number of hydrogen-bond donors (Lipinski definition) is 1. The number of carboxylic acid groups (broad SMARTS) is 1. The molecule has 0 aliphatic heterocycles. The maximum Gasteiger partial charge on any atom is 0.331 e. The van der Waals surface area contributed by atoms with Crippen LogP contribution in [0.5, 0.6) is 0 Å². The summed E-state index contributed by atoms with van der Waals surface area (Å²) in [5, 5.41) is 8.69. The molecule has 0 spiro atoms. The summed E-state index contributed by atoms with van der Waals surface area (Å²) in [5.74, 6) is -0.889. The van der Waals surface area contributed by atoms with Gasteiger partial charge < -0.3 is 5.11 Å². The van der Waals surface area contributed by atoms with Crippen LogP contribution in [0.3, 0.4) is 0 Å². The van der Waals surface area contributed by atoms with Gasteiger partial charge in [-0.05, 0) is 37.1 Å². The lowest BCUT2D eigenvalue weighted by Crippen LogP contribution is -1.95. The van der Waals surface area contributed by atoms with Crippen molar-refractivity contribution in [3.8, 4) is 0 Å². The minimum Gasteiger partial charge on any atom is -0.478 e. The molecule has 0 radical (unpaired) electrons. The first-order valence-corrected chi connectivity index (χ1v) is 4.50. The van der Waals surface area contributed by atoms with E-state index in [9.17, 15) is 4.79 Å². The summed E-state index contributed by atoms with van der Waals surface area (Å²) in [5.41, 5.74) is 2.19. The van der Waals surface area contributed by atoms with Gasteiger partial charge in [-0.25, -0.2) is 4.79 Å². The van der Waals surface area contributed by atoms with Gasteiger partial charge in [-0.15, -0.1) is 0 Å². The number of hydrogen-bond acceptors (Lipinski definition) is 2. The first-order chi connectivity index (χ1) is 6.63. The Labute approximate surface area is 83.1 Å². The molecular formula is C11H13NO2. The summed E-state index contributed by atoms with van der Waals surface area (Å²) in [7, 11) is 0. The third-order valence-corrected chi connectivity index (χ3v) is 1.92. The molecular weight excluding hydrogens is 178 g/mol. The first kappa shape index (κ1) is 10.4. The zero-order valence-electron chi connectivity index (χ0n) is 8.32. The Kier molecular flexibility index (Phi) is 3.40. The second-order valence-corrected chi connectivity index (χ2v) is 3.07. The largest absolute Gasteiger partial charge is 0.478 e. The minimum atomic E-state index is -0.889. The van der Waals surface area contributed by atoms with Crippen molar-refractivity contribution in [3.05, 3.63) is 35.2 Å². The van der Waals surface area contributed by atoms with Gasteiger partial charge in [0.05, 0.1) is 0 Å². The van der Waals surface area contributed by atoms with Crippen molar-refractivity contribution in [1.29, 1.82) is 0 Å². The van der Waals surface area contributed by atoms with E-state index < -0.39 is 5.97 Å². The van der Waals surface area contributed by atoms with Crippen LogP contribution in [-0.2, 0) is 11.2 Å². The van der Waals surface area contributed by atoms with Crippen molar-refractivity contribution in [2.45, 2.75) is 20.3 Å². The molecule has 74 valence electrons. The average Bonchev–Trinajstić information content (AvgIpc) is 2.18. The standard InChI is InChI=1S/C11H13NO2/c1-3-10-7-9(4-5-12-10)6-8(2)11(13)14/h4-7H,3H2,1-2H3,(H,13,14)/b8-6+. The van der Waals surface area contributed by atoms with Crippen molar-refractivity contribution < 1.29 is 9.90 Å². The highest BCUT2D eigenvalue weighted by molar-refractivity contribution is 5.91. The van der Waals surface area contributed by atoms with E-state index in [0.29, 0.717) is 5.57 Å². The lowest BCUT2D eigenvalue weighted by atomic mass is 10.1. The molecule has 0 aliphatic carbocycles. The van der Waals surface area contributed by atoms with Gasteiger partial charge in [0.1, 0.15) is 0 Å². The van der Waals surface area contributed by atoms with Crippen molar-refractivity contribution >= 4 is 12.0 Å². The second-order valence-electron chi connectivity index (χ2n) is 3.07. The van der Waals surface area contributed by atoms with Gasteiger partial charge in [0, 0.05) is 17.5 Å². The highest BCUT2D eigenvalue weighted by Crippen LogP contribution is 2.08. The maximum atomic E-state index is 10.6. The molecule has 0 saturated heterocycles. The molecule has 1 rings (SSSR count). The third kappa shape index (κ3) is 2.69. The van der Waals surface area contributed by atoms with E-state index in [1.54, 1.807) is 25.3 Å². The number of pyridine rings is 1. The third-order valence-electron chi connectivity index (χ3n) is 1.92. The van der Waals surface area contributed by atoms with Crippen LogP contribution in [0.15, 0.2) is 23.9 Å². The molecule has 0 aliphatic rings. The van der Waals surface area contributed by atoms with Gasteiger partial charge in [0.15, 0.2) is 0 Å². The van der Waals surface area contributed by atoms with Crippen LogP contribution in [0.4, 0.5) is 0 Å². The maximum absolute atomic E-state index is 10.6. The fraction of sp³-hybridized carbons (Fsp3) is 0.273. The normalized spacial score (nSPS) is 11.4. The van der Waals surface area contributed by atoms with Crippen molar-refractivity contribution in [1.82, 2.24) is 4.98 Å². The number of aryl methyl sites for hydroxylation is 1. The Hall–Kier alpha value is -1.64. The zero-order chi connectivity index (χ0) is 10.6. The number of carboxylic acids is 1. The van der Waals surface area contributed by atoms with Crippen LogP contribution in [0, 0.1) is 0 Å². The Morgan fingerprint density at radius 3 is 2.93 bits per heavy atom. The summed E-state index contributed by atoms with van der Waals surface area (Å²) in [6.07, 6.45) is 4.19. The van der Waals surface area contributed by atoms with Crippen LogP contribution in [0.1, 0.15) is 25.1 Å². The van der Waals surface area contributed by atoms with Crippen LogP contribution < -0.4 is 0 Å². The molecule has 0 amide bonds. The average molecular weight is 191 g/mol. The Morgan fingerprint density at radius 1 is 1.64 bits per heavy atom. The molecule has 1 N–H and O–H groups in total. The first-order valence-electron chi connectivity index (χ1n) is 4.50. The molecule has 1 heterocycles. The van der Waals surface area contributed by atoms with E-state index in [-0.39, 0.29) is 0 Å². The second kappa shape index (κ2) is 4.56. The fourth-order valence-corrected chi connectivity index (χ4v) is 1.09. The molecule has 0 bridgehead atoms. The molecule has 1 aromatic rings. The van der Waals surface area contributed by atoms with Crippen LogP contribution >= 0.6 is 0 Å². The monoisotopic (exact) mass is 191 g/mol. The molecule has 3 heteroatoms. The number of aromatic nitrogens is 1. The molecule has 0 unspecified atom stereocenters. The molecule has 0 aromatic carbocycles. The van der Waals surface area contributed by atoms with Gasteiger partial charge in [0.25, 0.3) is 0 Å². The summed E-state index contributed by atoms with van der Waals surface area (Å²) in [6, 6.07) is 3.69. The molecule has 0 saturated carbocycles. The summed E-state index contributed by atoms with van der Waals surface area (Å²) < 4.78 is 0. The van der Waals surface area contributed by atoms with Crippen LogP contribution in [0.2, 0.25) is 0 Å².